The summed E-state index contributed by atoms with van der Waals surface area (Å²) in [5.74, 6) is 0. The van der Waals surface area contributed by atoms with Crippen molar-refractivity contribution in [3.63, 3.8) is 0 Å². The van der Waals surface area contributed by atoms with Crippen LogP contribution >= 0.6 is 0 Å². The second-order valence-corrected chi connectivity index (χ2v) is 3.66. The van der Waals surface area contributed by atoms with Crippen LogP contribution in [0, 0.1) is 13.8 Å². The van der Waals surface area contributed by atoms with Crippen molar-refractivity contribution in [1.29, 1.82) is 0 Å². The van der Waals surface area contributed by atoms with Crippen LogP contribution in [-0.2, 0) is 6.54 Å². The maximum atomic E-state index is 5.63. The lowest BCUT2D eigenvalue weighted by molar-refractivity contribution is 0.836. The molecule has 15 heavy (non-hydrogen) atoms. The zero-order chi connectivity index (χ0) is 10.8. The summed E-state index contributed by atoms with van der Waals surface area (Å²) in [6.45, 7) is 4.66. The molecule has 1 aromatic carbocycles. The Hall–Kier alpha value is -1.61. The highest BCUT2D eigenvalue weighted by atomic mass is 15.3. The number of hydrogen-bond acceptors (Lipinski definition) is 2. The first-order valence-corrected chi connectivity index (χ1v) is 5.03. The highest BCUT2D eigenvalue weighted by Crippen LogP contribution is 2.16. The third-order valence-electron chi connectivity index (χ3n) is 2.68. The van der Waals surface area contributed by atoms with Gasteiger partial charge in [-0.05, 0) is 25.5 Å². The van der Waals surface area contributed by atoms with Crippen LogP contribution in [0.1, 0.15) is 16.8 Å². The Balaban J connectivity index is 2.55. The molecule has 0 aliphatic rings. The van der Waals surface area contributed by atoms with Crippen LogP contribution in [0.4, 0.5) is 0 Å². The van der Waals surface area contributed by atoms with Gasteiger partial charge in [-0.3, -0.25) is 0 Å². The quantitative estimate of drug-likeness (QED) is 0.807. The summed E-state index contributed by atoms with van der Waals surface area (Å²) in [5, 5.41) is 4.35. The molecular weight excluding hydrogens is 186 g/mol. The molecule has 2 aromatic rings. The van der Waals surface area contributed by atoms with E-state index in [0.29, 0.717) is 6.54 Å². The minimum atomic E-state index is 0.539. The van der Waals surface area contributed by atoms with Crippen LogP contribution in [0.2, 0.25) is 0 Å². The van der Waals surface area contributed by atoms with Gasteiger partial charge in [0.1, 0.15) is 0 Å². The Bertz CT molecular complexity index is 471. The lowest BCUT2D eigenvalue weighted by Gasteiger charge is -2.07. The molecule has 3 heteroatoms. The van der Waals surface area contributed by atoms with Crippen LogP contribution in [0.15, 0.2) is 30.5 Å². The summed E-state index contributed by atoms with van der Waals surface area (Å²) in [7, 11) is 0. The second kappa shape index (κ2) is 3.87. The fraction of sp³-hybridized carbons (Fsp3) is 0.250. The van der Waals surface area contributed by atoms with E-state index in [0.717, 1.165) is 16.9 Å². The van der Waals surface area contributed by atoms with E-state index in [1.165, 1.54) is 5.56 Å². The van der Waals surface area contributed by atoms with Crippen LogP contribution < -0.4 is 5.73 Å². The molecule has 0 spiro atoms. The molecule has 1 heterocycles. The molecule has 0 fully saturated rings. The summed E-state index contributed by atoms with van der Waals surface area (Å²) < 4.78 is 1.94. The Morgan fingerprint density at radius 3 is 2.60 bits per heavy atom. The number of nitrogens with zero attached hydrogens (tertiary/aromatic N) is 2. The van der Waals surface area contributed by atoms with E-state index in [9.17, 15) is 0 Å². The lowest BCUT2D eigenvalue weighted by Crippen LogP contribution is -2.03. The van der Waals surface area contributed by atoms with Crippen LogP contribution in [0.25, 0.3) is 5.69 Å². The second-order valence-electron chi connectivity index (χ2n) is 3.66. The van der Waals surface area contributed by atoms with Crippen LogP contribution in [-0.4, -0.2) is 9.78 Å². The fourth-order valence-electron chi connectivity index (χ4n) is 1.69. The summed E-state index contributed by atoms with van der Waals surface area (Å²) >= 11 is 0. The molecule has 0 aliphatic carbocycles. The Kier molecular flexibility index (Phi) is 2.56. The van der Waals surface area contributed by atoms with Gasteiger partial charge in [-0.15, -0.1) is 0 Å². The lowest BCUT2D eigenvalue weighted by atomic mass is 10.2. The van der Waals surface area contributed by atoms with E-state index in [2.05, 4.69) is 24.2 Å². The molecule has 2 rings (SSSR count). The monoisotopic (exact) mass is 201 g/mol. The topological polar surface area (TPSA) is 43.8 Å². The summed E-state index contributed by atoms with van der Waals surface area (Å²) in [5.41, 5.74) is 10.2. The molecule has 0 radical (unpaired) electrons. The summed E-state index contributed by atoms with van der Waals surface area (Å²) in [4.78, 5) is 0. The maximum absolute atomic E-state index is 5.63. The van der Waals surface area contributed by atoms with Gasteiger partial charge in [0, 0.05) is 17.8 Å². The van der Waals surface area contributed by atoms with Crippen molar-refractivity contribution in [1.82, 2.24) is 9.78 Å². The number of rotatable bonds is 2. The van der Waals surface area contributed by atoms with Gasteiger partial charge >= 0.3 is 0 Å². The van der Waals surface area contributed by atoms with Gasteiger partial charge in [-0.25, -0.2) is 4.68 Å². The van der Waals surface area contributed by atoms with Crippen molar-refractivity contribution in [2.45, 2.75) is 20.4 Å². The summed E-state index contributed by atoms with van der Waals surface area (Å²) in [6.07, 6.45) is 1.84. The van der Waals surface area contributed by atoms with E-state index in [1.807, 2.05) is 29.9 Å². The standard InChI is InChI=1S/C12H15N3/c1-9-5-3-4-6-12(9)15-10(2)11(7-13)8-14-15/h3-6,8H,7,13H2,1-2H3. The number of para-hydroxylation sites is 1. The minimum Gasteiger partial charge on any atom is -0.326 e. The first-order valence-electron chi connectivity index (χ1n) is 5.03. The van der Waals surface area contributed by atoms with E-state index >= 15 is 0 Å². The maximum Gasteiger partial charge on any atom is 0.0677 e. The van der Waals surface area contributed by atoms with Gasteiger partial charge in [0.25, 0.3) is 0 Å². The Morgan fingerprint density at radius 2 is 2.00 bits per heavy atom. The third-order valence-corrected chi connectivity index (χ3v) is 2.68. The predicted molar refractivity (Wildman–Crippen MR) is 60.9 cm³/mol. The first-order chi connectivity index (χ1) is 7.24. The van der Waals surface area contributed by atoms with Crippen LogP contribution in [0.3, 0.4) is 0 Å². The SMILES string of the molecule is Cc1ccccc1-n1ncc(CN)c1C. The predicted octanol–water partition coefficient (Wildman–Crippen LogP) is 1.95. The van der Waals surface area contributed by atoms with Crippen molar-refractivity contribution >= 4 is 0 Å². The smallest absolute Gasteiger partial charge is 0.0677 e. The summed E-state index contributed by atoms with van der Waals surface area (Å²) in [6, 6.07) is 8.20. The largest absolute Gasteiger partial charge is 0.326 e. The van der Waals surface area contributed by atoms with E-state index in [-0.39, 0.29) is 0 Å². The molecule has 2 N–H and O–H groups in total. The van der Waals surface area contributed by atoms with Gasteiger partial charge in [0.2, 0.25) is 0 Å². The van der Waals surface area contributed by atoms with Gasteiger partial charge in [-0.2, -0.15) is 5.10 Å². The molecule has 0 unspecified atom stereocenters. The molecule has 1 aromatic heterocycles. The number of aryl methyl sites for hydroxylation is 1. The molecule has 0 amide bonds. The molecular formula is C12H15N3. The highest BCUT2D eigenvalue weighted by Gasteiger charge is 2.07. The molecule has 0 atom stereocenters. The Morgan fingerprint density at radius 1 is 1.27 bits per heavy atom. The van der Waals surface area contributed by atoms with Crippen molar-refractivity contribution in [3.8, 4) is 5.69 Å². The van der Waals surface area contributed by atoms with E-state index in [1.54, 1.807) is 0 Å². The molecule has 0 saturated carbocycles. The van der Waals surface area contributed by atoms with Crippen molar-refractivity contribution < 1.29 is 0 Å². The first kappa shape index (κ1) is 9.93. The number of aromatic nitrogens is 2. The van der Waals surface area contributed by atoms with E-state index < -0.39 is 0 Å². The third kappa shape index (κ3) is 1.66. The van der Waals surface area contributed by atoms with Crippen molar-refractivity contribution in [2.24, 2.45) is 5.73 Å². The zero-order valence-corrected chi connectivity index (χ0v) is 9.07. The number of benzene rings is 1. The van der Waals surface area contributed by atoms with Gasteiger partial charge < -0.3 is 5.73 Å². The van der Waals surface area contributed by atoms with E-state index in [4.69, 9.17) is 5.73 Å². The van der Waals surface area contributed by atoms with Gasteiger partial charge in [0.15, 0.2) is 0 Å². The van der Waals surface area contributed by atoms with Gasteiger partial charge in [0.05, 0.1) is 11.9 Å². The Labute approximate surface area is 89.5 Å². The minimum absolute atomic E-state index is 0.539. The van der Waals surface area contributed by atoms with Crippen molar-refractivity contribution in [2.75, 3.05) is 0 Å². The number of nitrogens with two attached hydrogens (primary N) is 1. The average molecular weight is 201 g/mol. The molecule has 0 bridgehead atoms. The fourth-order valence-corrected chi connectivity index (χ4v) is 1.69. The molecule has 78 valence electrons. The van der Waals surface area contributed by atoms with Crippen molar-refractivity contribution in [3.05, 3.63) is 47.3 Å². The van der Waals surface area contributed by atoms with Gasteiger partial charge in [-0.1, -0.05) is 18.2 Å². The van der Waals surface area contributed by atoms with Crippen LogP contribution in [0.5, 0.6) is 0 Å². The average Bonchev–Trinajstić information content (AvgIpc) is 2.60. The molecule has 3 nitrogen and oxygen atoms in total. The highest BCUT2D eigenvalue weighted by molar-refractivity contribution is 5.41. The molecule has 0 saturated heterocycles. The normalized spacial score (nSPS) is 10.6. The zero-order valence-electron chi connectivity index (χ0n) is 9.07. The number of hydrogen-bond donors (Lipinski definition) is 1. The molecule has 0 aliphatic heterocycles.